The second-order valence-electron chi connectivity index (χ2n) is 5.74. The highest BCUT2D eigenvalue weighted by Crippen LogP contribution is 2.45. The van der Waals surface area contributed by atoms with Crippen LogP contribution in [0.2, 0.25) is 0 Å². The maximum absolute atomic E-state index is 3.45. The van der Waals surface area contributed by atoms with Gasteiger partial charge in [-0.05, 0) is 43.6 Å². The van der Waals surface area contributed by atoms with E-state index in [0.717, 1.165) is 17.9 Å². The second kappa shape index (κ2) is 4.65. The highest BCUT2D eigenvalue weighted by atomic mass is 14.9. The third-order valence-electron chi connectivity index (χ3n) is 4.42. The first-order valence-corrected chi connectivity index (χ1v) is 6.18. The average Bonchev–Trinajstić information content (AvgIpc) is 2.16. The Kier molecular flexibility index (Phi) is 4.00. The molecule has 14 heavy (non-hydrogen) atoms. The fourth-order valence-corrected chi connectivity index (χ4v) is 3.02. The highest BCUT2D eigenvalue weighted by Gasteiger charge is 2.38. The number of hydrogen-bond donors (Lipinski definition) is 1. The minimum absolute atomic E-state index is 0.558. The Labute approximate surface area is 89.7 Å². The molecule has 0 spiro atoms. The van der Waals surface area contributed by atoms with Gasteiger partial charge in [-0.2, -0.15) is 0 Å². The summed E-state index contributed by atoms with van der Waals surface area (Å²) in [6, 6.07) is 0.766. The van der Waals surface area contributed by atoms with Gasteiger partial charge in [-0.25, -0.2) is 0 Å². The molecule has 0 saturated heterocycles. The van der Waals surface area contributed by atoms with E-state index in [0.29, 0.717) is 5.41 Å². The van der Waals surface area contributed by atoms with E-state index in [1.165, 1.54) is 25.7 Å². The molecule has 1 heteroatoms. The standard InChI is InChI=1S/C13H27N/c1-6-10(2)12-9-11(14-5)7-8-13(12,3)4/h10-12,14H,6-9H2,1-5H3. The van der Waals surface area contributed by atoms with Crippen LogP contribution in [0.15, 0.2) is 0 Å². The summed E-state index contributed by atoms with van der Waals surface area (Å²) in [4.78, 5) is 0. The van der Waals surface area contributed by atoms with E-state index in [1.54, 1.807) is 0 Å². The van der Waals surface area contributed by atoms with Crippen molar-refractivity contribution in [3.8, 4) is 0 Å². The van der Waals surface area contributed by atoms with Crippen LogP contribution in [0.5, 0.6) is 0 Å². The van der Waals surface area contributed by atoms with Crippen molar-refractivity contribution < 1.29 is 0 Å². The first kappa shape index (κ1) is 12.0. The molecule has 0 aliphatic heterocycles. The smallest absolute Gasteiger partial charge is 0.00672 e. The Bertz CT molecular complexity index is 174. The van der Waals surface area contributed by atoms with Gasteiger partial charge in [0.05, 0.1) is 0 Å². The van der Waals surface area contributed by atoms with Gasteiger partial charge in [-0.15, -0.1) is 0 Å². The van der Waals surface area contributed by atoms with Crippen LogP contribution in [0, 0.1) is 17.3 Å². The summed E-state index contributed by atoms with van der Waals surface area (Å²) in [6.45, 7) is 9.65. The van der Waals surface area contributed by atoms with Crippen molar-refractivity contribution in [1.82, 2.24) is 5.32 Å². The molecule has 0 aromatic rings. The highest BCUT2D eigenvalue weighted by molar-refractivity contribution is 4.90. The molecule has 1 nitrogen and oxygen atoms in total. The van der Waals surface area contributed by atoms with E-state index >= 15 is 0 Å². The zero-order valence-electron chi connectivity index (χ0n) is 10.6. The largest absolute Gasteiger partial charge is 0.317 e. The molecular weight excluding hydrogens is 170 g/mol. The van der Waals surface area contributed by atoms with Gasteiger partial charge in [0.2, 0.25) is 0 Å². The predicted molar refractivity (Wildman–Crippen MR) is 63.4 cm³/mol. The van der Waals surface area contributed by atoms with Crippen molar-refractivity contribution in [3.63, 3.8) is 0 Å². The molecule has 84 valence electrons. The lowest BCUT2D eigenvalue weighted by Gasteiger charge is -2.45. The van der Waals surface area contributed by atoms with Crippen molar-refractivity contribution in [3.05, 3.63) is 0 Å². The van der Waals surface area contributed by atoms with Gasteiger partial charge >= 0.3 is 0 Å². The molecule has 1 rings (SSSR count). The van der Waals surface area contributed by atoms with Crippen molar-refractivity contribution in [2.45, 2.75) is 59.4 Å². The maximum Gasteiger partial charge on any atom is 0.00672 e. The Balaban J connectivity index is 2.66. The lowest BCUT2D eigenvalue weighted by atomic mass is 9.62. The van der Waals surface area contributed by atoms with Crippen molar-refractivity contribution in [1.29, 1.82) is 0 Å². The molecule has 0 bridgehead atoms. The van der Waals surface area contributed by atoms with Gasteiger partial charge < -0.3 is 5.32 Å². The van der Waals surface area contributed by atoms with Crippen LogP contribution in [-0.2, 0) is 0 Å². The Morgan fingerprint density at radius 1 is 1.43 bits per heavy atom. The number of rotatable bonds is 3. The maximum atomic E-state index is 3.45. The third-order valence-corrected chi connectivity index (χ3v) is 4.42. The summed E-state index contributed by atoms with van der Waals surface area (Å²) in [6.07, 6.45) is 5.44. The third kappa shape index (κ3) is 2.50. The fraction of sp³-hybridized carbons (Fsp3) is 1.00. The van der Waals surface area contributed by atoms with Crippen LogP contribution >= 0.6 is 0 Å². The van der Waals surface area contributed by atoms with Crippen LogP contribution in [-0.4, -0.2) is 13.1 Å². The van der Waals surface area contributed by atoms with Gasteiger partial charge in [0.25, 0.3) is 0 Å². The molecule has 0 aromatic carbocycles. The first-order chi connectivity index (χ1) is 6.51. The second-order valence-corrected chi connectivity index (χ2v) is 5.74. The zero-order valence-corrected chi connectivity index (χ0v) is 10.6. The van der Waals surface area contributed by atoms with Crippen molar-refractivity contribution >= 4 is 0 Å². The Morgan fingerprint density at radius 3 is 2.57 bits per heavy atom. The van der Waals surface area contributed by atoms with E-state index in [4.69, 9.17) is 0 Å². The summed E-state index contributed by atoms with van der Waals surface area (Å²) in [5, 5.41) is 3.45. The molecule has 0 radical (unpaired) electrons. The lowest BCUT2D eigenvalue weighted by Crippen LogP contribution is -2.42. The molecule has 0 amide bonds. The first-order valence-electron chi connectivity index (χ1n) is 6.18. The molecule has 3 atom stereocenters. The molecule has 0 heterocycles. The van der Waals surface area contributed by atoms with Gasteiger partial charge in [-0.3, -0.25) is 0 Å². The number of nitrogens with one attached hydrogen (secondary N) is 1. The van der Waals surface area contributed by atoms with Crippen LogP contribution in [0.25, 0.3) is 0 Å². The number of hydrogen-bond acceptors (Lipinski definition) is 1. The molecule has 0 aromatic heterocycles. The van der Waals surface area contributed by atoms with Crippen LogP contribution in [0.3, 0.4) is 0 Å². The normalized spacial score (nSPS) is 34.1. The van der Waals surface area contributed by atoms with Gasteiger partial charge in [0.15, 0.2) is 0 Å². The molecule has 1 saturated carbocycles. The van der Waals surface area contributed by atoms with Gasteiger partial charge in [0.1, 0.15) is 0 Å². The molecule has 1 N–H and O–H groups in total. The molecule has 1 aliphatic rings. The summed E-state index contributed by atoms with van der Waals surface area (Å²) < 4.78 is 0. The summed E-state index contributed by atoms with van der Waals surface area (Å²) in [5.74, 6) is 1.78. The van der Waals surface area contributed by atoms with Gasteiger partial charge in [-0.1, -0.05) is 34.1 Å². The lowest BCUT2D eigenvalue weighted by molar-refractivity contribution is 0.0689. The molecule has 3 unspecified atom stereocenters. The Morgan fingerprint density at radius 2 is 2.07 bits per heavy atom. The predicted octanol–water partition coefficient (Wildman–Crippen LogP) is 3.45. The minimum Gasteiger partial charge on any atom is -0.317 e. The molecule has 1 aliphatic carbocycles. The van der Waals surface area contributed by atoms with Crippen LogP contribution in [0.1, 0.15) is 53.4 Å². The van der Waals surface area contributed by atoms with Crippen molar-refractivity contribution in [2.75, 3.05) is 7.05 Å². The zero-order chi connectivity index (χ0) is 10.8. The molecule has 1 fully saturated rings. The van der Waals surface area contributed by atoms with Crippen molar-refractivity contribution in [2.24, 2.45) is 17.3 Å². The van der Waals surface area contributed by atoms with E-state index in [-0.39, 0.29) is 0 Å². The van der Waals surface area contributed by atoms with Crippen LogP contribution in [0.4, 0.5) is 0 Å². The van der Waals surface area contributed by atoms with Crippen LogP contribution < -0.4 is 5.32 Å². The summed E-state index contributed by atoms with van der Waals surface area (Å²) in [5.41, 5.74) is 0.558. The average molecular weight is 197 g/mol. The fourth-order valence-electron chi connectivity index (χ4n) is 3.02. The molecular formula is C13H27N. The van der Waals surface area contributed by atoms with E-state index < -0.39 is 0 Å². The summed E-state index contributed by atoms with van der Waals surface area (Å²) in [7, 11) is 2.11. The van der Waals surface area contributed by atoms with E-state index in [2.05, 4.69) is 40.1 Å². The topological polar surface area (TPSA) is 12.0 Å². The van der Waals surface area contributed by atoms with E-state index in [1.807, 2.05) is 0 Å². The quantitative estimate of drug-likeness (QED) is 0.731. The monoisotopic (exact) mass is 197 g/mol. The van der Waals surface area contributed by atoms with Gasteiger partial charge in [0, 0.05) is 6.04 Å². The minimum atomic E-state index is 0.558. The Hall–Kier alpha value is -0.0400. The SMILES string of the molecule is CCC(C)C1CC(NC)CCC1(C)C. The summed E-state index contributed by atoms with van der Waals surface area (Å²) >= 11 is 0. The van der Waals surface area contributed by atoms with E-state index in [9.17, 15) is 0 Å².